The predicted octanol–water partition coefficient (Wildman–Crippen LogP) is 3.24. The maximum Gasteiger partial charge on any atom is 0.253 e. The molecule has 1 aromatic heterocycles. The van der Waals surface area contributed by atoms with Crippen LogP contribution >= 0.6 is 11.3 Å². The maximum absolute atomic E-state index is 12.3. The highest BCUT2D eigenvalue weighted by molar-refractivity contribution is 7.09. The summed E-state index contributed by atoms with van der Waals surface area (Å²) in [6.45, 7) is 6.69. The summed E-state index contributed by atoms with van der Waals surface area (Å²) in [5, 5.41) is 9.34. The molecule has 0 bridgehead atoms. The molecular formula is C16H21N3OS. The Morgan fingerprint density at radius 3 is 2.76 bits per heavy atom. The average Bonchev–Trinajstić information content (AvgIpc) is 2.84. The Morgan fingerprint density at radius 1 is 1.33 bits per heavy atom. The van der Waals surface area contributed by atoms with Crippen molar-refractivity contribution in [2.75, 3.05) is 11.9 Å². The summed E-state index contributed by atoms with van der Waals surface area (Å²) in [5.74, 6) is -0.0490. The quantitative estimate of drug-likeness (QED) is 0.861. The van der Waals surface area contributed by atoms with E-state index in [4.69, 9.17) is 0 Å². The van der Waals surface area contributed by atoms with Crippen molar-refractivity contribution >= 4 is 22.9 Å². The average molecular weight is 303 g/mol. The summed E-state index contributed by atoms with van der Waals surface area (Å²) >= 11 is 1.63. The van der Waals surface area contributed by atoms with Crippen LogP contribution in [0.4, 0.5) is 5.69 Å². The van der Waals surface area contributed by atoms with Crippen molar-refractivity contribution in [2.45, 2.75) is 33.2 Å². The van der Waals surface area contributed by atoms with Crippen molar-refractivity contribution in [3.63, 3.8) is 0 Å². The van der Waals surface area contributed by atoms with Crippen molar-refractivity contribution < 1.29 is 4.79 Å². The molecule has 0 saturated heterocycles. The number of thiazole rings is 1. The Labute approximate surface area is 129 Å². The summed E-state index contributed by atoms with van der Waals surface area (Å²) < 4.78 is 0. The SMILES string of the molecule is Cc1csc(CCNC(=O)c2ccccc2NC(C)C)n1. The number of anilines is 1. The van der Waals surface area contributed by atoms with Crippen LogP contribution in [0.15, 0.2) is 29.6 Å². The number of para-hydroxylation sites is 1. The summed E-state index contributed by atoms with van der Waals surface area (Å²) in [7, 11) is 0. The van der Waals surface area contributed by atoms with Gasteiger partial charge in [0.2, 0.25) is 0 Å². The molecular weight excluding hydrogens is 282 g/mol. The second-order valence-electron chi connectivity index (χ2n) is 5.23. The lowest BCUT2D eigenvalue weighted by Crippen LogP contribution is -2.27. The van der Waals surface area contributed by atoms with E-state index in [0.717, 1.165) is 22.8 Å². The van der Waals surface area contributed by atoms with Gasteiger partial charge in [0.25, 0.3) is 5.91 Å². The first-order valence-corrected chi connectivity index (χ1v) is 7.99. The first-order valence-electron chi connectivity index (χ1n) is 7.11. The molecule has 1 heterocycles. The molecule has 1 amide bonds. The Kier molecular flexibility index (Phi) is 5.33. The fraction of sp³-hybridized carbons (Fsp3) is 0.375. The molecule has 0 saturated carbocycles. The van der Waals surface area contributed by atoms with E-state index >= 15 is 0 Å². The van der Waals surface area contributed by atoms with Crippen LogP contribution in [-0.2, 0) is 6.42 Å². The van der Waals surface area contributed by atoms with Crippen LogP contribution in [0.3, 0.4) is 0 Å². The number of carbonyl (C=O) groups excluding carboxylic acids is 1. The van der Waals surface area contributed by atoms with Crippen LogP contribution in [0.25, 0.3) is 0 Å². The molecule has 0 fully saturated rings. The van der Waals surface area contributed by atoms with Gasteiger partial charge in [-0.1, -0.05) is 12.1 Å². The van der Waals surface area contributed by atoms with Crippen molar-refractivity contribution in [2.24, 2.45) is 0 Å². The van der Waals surface area contributed by atoms with Gasteiger partial charge in [-0.05, 0) is 32.9 Å². The molecule has 2 aromatic rings. The van der Waals surface area contributed by atoms with Gasteiger partial charge < -0.3 is 10.6 Å². The third-order valence-electron chi connectivity index (χ3n) is 2.91. The smallest absolute Gasteiger partial charge is 0.253 e. The van der Waals surface area contributed by atoms with Gasteiger partial charge in [-0.3, -0.25) is 4.79 Å². The molecule has 4 nitrogen and oxygen atoms in total. The molecule has 2 rings (SSSR count). The number of aromatic nitrogens is 1. The largest absolute Gasteiger partial charge is 0.382 e. The van der Waals surface area contributed by atoms with E-state index in [1.165, 1.54) is 0 Å². The highest BCUT2D eigenvalue weighted by Crippen LogP contribution is 2.16. The molecule has 1 aromatic carbocycles. The van der Waals surface area contributed by atoms with E-state index in [2.05, 4.69) is 29.5 Å². The summed E-state index contributed by atoms with van der Waals surface area (Å²) in [5.41, 5.74) is 2.59. The van der Waals surface area contributed by atoms with E-state index < -0.39 is 0 Å². The topological polar surface area (TPSA) is 54.0 Å². The zero-order valence-corrected chi connectivity index (χ0v) is 13.5. The monoisotopic (exact) mass is 303 g/mol. The Morgan fingerprint density at radius 2 is 2.10 bits per heavy atom. The molecule has 0 unspecified atom stereocenters. The number of nitrogens with zero attached hydrogens (tertiary/aromatic N) is 1. The van der Waals surface area contributed by atoms with E-state index in [-0.39, 0.29) is 11.9 Å². The van der Waals surface area contributed by atoms with Gasteiger partial charge in [-0.15, -0.1) is 11.3 Å². The van der Waals surface area contributed by atoms with Gasteiger partial charge in [0.05, 0.1) is 10.6 Å². The molecule has 0 aliphatic carbocycles. The Balaban J connectivity index is 1.94. The predicted molar refractivity (Wildman–Crippen MR) is 88.1 cm³/mol. The van der Waals surface area contributed by atoms with E-state index in [1.54, 1.807) is 11.3 Å². The second kappa shape index (κ2) is 7.22. The van der Waals surface area contributed by atoms with Gasteiger partial charge in [-0.25, -0.2) is 4.98 Å². The summed E-state index contributed by atoms with van der Waals surface area (Å²) in [6.07, 6.45) is 0.768. The second-order valence-corrected chi connectivity index (χ2v) is 6.18. The van der Waals surface area contributed by atoms with Crippen molar-refractivity contribution in [3.8, 4) is 0 Å². The first kappa shape index (κ1) is 15.5. The van der Waals surface area contributed by atoms with E-state index in [9.17, 15) is 4.79 Å². The van der Waals surface area contributed by atoms with Crippen LogP contribution in [0, 0.1) is 6.92 Å². The third kappa shape index (κ3) is 4.56. The fourth-order valence-electron chi connectivity index (χ4n) is 2.01. The van der Waals surface area contributed by atoms with Crippen LogP contribution in [0.5, 0.6) is 0 Å². The molecule has 0 spiro atoms. The highest BCUT2D eigenvalue weighted by Gasteiger charge is 2.11. The minimum absolute atomic E-state index is 0.0490. The minimum Gasteiger partial charge on any atom is -0.382 e. The number of rotatable bonds is 6. The van der Waals surface area contributed by atoms with Gasteiger partial charge in [-0.2, -0.15) is 0 Å². The van der Waals surface area contributed by atoms with Crippen molar-refractivity contribution in [1.29, 1.82) is 0 Å². The molecule has 2 N–H and O–H groups in total. The fourth-order valence-corrected chi connectivity index (χ4v) is 2.79. The molecule has 112 valence electrons. The number of aryl methyl sites for hydroxylation is 1. The number of benzene rings is 1. The molecule has 0 radical (unpaired) electrons. The lowest BCUT2D eigenvalue weighted by Gasteiger charge is -2.14. The first-order chi connectivity index (χ1) is 10.1. The van der Waals surface area contributed by atoms with Crippen molar-refractivity contribution in [3.05, 3.63) is 45.9 Å². The number of hydrogen-bond donors (Lipinski definition) is 2. The van der Waals surface area contributed by atoms with Gasteiger partial charge >= 0.3 is 0 Å². The van der Waals surface area contributed by atoms with Gasteiger partial charge in [0.15, 0.2) is 0 Å². The lowest BCUT2D eigenvalue weighted by molar-refractivity contribution is 0.0955. The van der Waals surface area contributed by atoms with Crippen LogP contribution in [0.2, 0.25) is 0 Å². The number of nitrogens with one attached hydrogen (secondary N) is 2. The van der Waals surface area contributed by atoms with Gasteiger partial charge in [0.1, 0.15) is 0 Å². The standard InChI is InChI=1S/C16H21N3OS/c1-11(2)18-14-7-5-4-6-13(14)16(20)17-9-8-15-19-12(3)10-21-15/h4-7,10-11,18H,8-9H2,1-3H3,(H,17,20). The Bertz CT molecular complexity index is 607. The number of carbonyl (C=O) groups is 1. The van der Waals surface area contributed by atoms with Crippen LogP contribution in [-0.4, -0.2) is 23.5 Å². The number of amides is 1. The lowest BCUT2D eigenvalue weighted by atomic mass is 10.1. The van der Waals surface area contributed by atoms with Crippen molar-refractivity contribution in [1.82, 2.24) is 10.3 Å². The summed E-state index contributed by atoms with van der Waals surface area (Å²) in [4.78, 5) is 16.7. The molecule has 21 heavy (non-hydrogen) atoms. The third-order valence-corrected chi connectivity index (χ3v) is 3.93. The normalized spacial score (nSPS) is 10.7. The zero-order chi connectivity index (χ0) is 15.2. The van der Waals surface area contributed by atoms with E-state index in [1.807, 2.05) is 36.6 Å². The zero-order valence-electron chi connectivity index (χ0n) is 12.6. The van der Waals surface area contributed by atoms with Crippen LogP contribution in [0.1, 0.15) is 34.9 Å². The Hall–Kier alpha value is -1.88. The van der Waals surface area contributed by atoms with Crippen LogP contribution < -0.4 is 10.6 Å². The van der Waals surface area contributed by atoms with E-state index in [0.29, 0.717) is 12.1 Å². The molecule has 0 atom stereocenters. The summed E-state index contributed by atoms with van der Waals surface area (Å²) in [6, 6.07) is 7.87. The highest BCUT2D eigenvalue weighted by atomic mass is 32.1. The molecule has 0 aliphatic heterocycles. The number of hydrogen-bond acceptors (Lipinski definition) is 4. The molecule has 5 heteroatoms. The van der Waals surface area contributed by atoms with Gasteiger partial charge in [0, 0.05) is 35.8 Å². The minimum atomic E-state index is -0.0490. The molecule has 0 aliphatic rings. The maximum atomic E-state index is 12.3.